The van der Waals surface area contributed by atoms with Crippen molar-refractivity contribution in [3.8, 4) is 11.8 Å². The van der Waals surface area contributed by atoms with Crippen LogP contribution in [0.4, 0.5) is 0 Å². The highest BCUT2D eigenvalue weighted by Crippen LogP contribution is 2.21. The molecule has 0 saturated carbocycles. The Kier molecular flexibility index (Phi) is 2.99. The molecule has 15 heavy (non-hydrogen) atoms. The minimum absolute atomic E-state index is 0.562. The fourth-order valence-electron chi connectivity index (χ4n) is 1.47. The molecule has 0 saturated heterocycles. The second-order valence-corrected chi connectivity index (χ2v) is 3.72. The molecule has 0 aliphatic carbocycles. The summed E-state index contributed by atoms with van der Waals surface area (Å²) in [5, 5.41) is 1.10. The second-order valence-electron chi connectivity index (χ2n) is 3.34. The van der Waals surface area contributed by atoms with Gasteiger partial charge in [0.1, 0.15) is 5.58 Å². The number of aryl methyl sites for hydroxylation is 1. The van der Waals surface area contributed by atoms with Gasteiger partial charge in [-0.05, 0) is 18.4 Å². The number of halogens is 1. The summed E-state index contributed by atoms with van der Waals surface area (Å²) in [6, 6.07) is 8.03. The molecule has 1 aromatic carbocycles. The lowest BCUT2D eigenvalue weighted by molar-refractivity contribution is 0.599. The summed E-state index contributed by atoms with van der Waals surface area (Å²) in [4.78, 5) is 0. The van der Waals surface area contributed by atoms with Gasteiger partial charge in [0.25, 0.3) is 0 Å². The minimum atomic E-state index is 0.562. The van der Waals surface area contributed by atoms with Gasteiger partial charge in [-0.2, -0.15) is 0 Å². The standard InChI is InChI=1S/C13H11ClO/c1-10-5-4-6-11-9-12(15-13(10)11)7-2-3-8-14/h4-6,9H,3,8H2,1H3. The first kappa shape index (κ1) is 10.1. The lowest BCUT2D eigenvalue weighted by Gasteiger charge is -1.90. The first-order chi connectivity index (χ1) is 7.31. The molecule has 0 bridgehead atoms. The Morgan fingerprint density at radius 3 is 3.00 bits per heavy atom. The van der Waals surface area contributed by atoms with Gasteiger partial charge >= 0.3 is 0 Å². The van der Waals surface area contributed by atoms with Gasteiger partial charge in [-0.15, -0.1) is 11.6 Å². The third-order valence-corrected chi connectivity index (χ3v) is 2.36. The van der Waals surface area contributed by atoms with Crippen molar-refractivity contribution in [2.45, 2.75) is 13.3 Å². The fraction of sp³-hybridized carbons (Fsp3) is 0.231. The summed E-state index contributed by atoms with van der Waals surface area (Å²) < 4.78 is 5.63. The largest absolute Gasteiger partial charge is 0.447 e. The maximum absolute atomic E-state index is 5.63. The number of furan rings is 1. The monoisotopic (exact) mass is 218 g/mol. The predicted octanol–water partition coefficient (Wildman–Crippen LogP) is 3.72. The topological polar surface area (TPSA) is 13.1 Å². The molecule has 2 heteroatoms. The van der Waals surface area contributed by atoms with Gasteiger partial charge in [-0.3, -0.25) is 0 Å². The molecular weight excluding hydrogens is 208 g/mol. The minimum Gasteiger partial charge on any atom is -0.447 e. The number of alkyl halides is 1. The average molecular weight is 219 g/mol. The molecular formula is C13H11ClO. The van der Waals surface area contributed by atoms with Crippen LogP contribution in [0.15, 0.2) is 28.7 Å². The van der Waals surface area contributed by atoms with Crippen LogP contribution in [-0.2, 0) is 0 Å². The molecule has 0 fully saturated rings. The molecule has 0 aliphatic rings. The van der Waals surface area contributed by atoms with Crippen molar-refractivity contribution in [2.75, 3.05) is 5.88 Å². The van der Waals surface area contributed by atoms with Crippen molar-refractivity contribution in [1.29, 1.82) is 0 Å². The molecule has 2 rings (SSSR count). The van der Waals surface area contributed by atoms with Crippen molar-refractivity contribution < 1.29 is 4.42 Å². The summed E-state index contributed by atoms with van der Waals surface area (Å²) in [6.07, 6.45) is 0.692. The highest BCUT2D eigenvalue weighted by molar-refractivity contribution is 6.18. The van der Waals surface area contributed by atoms with E-state index in [1.165, 1.54) is 0 Å². The molecule has 0 atom stereocenters. The van der Waals surface area contributed by atoms with E-state index in [0.717, 1.165) is 16.5 Å². The molecule has 1 nitrogen and oxygen atoms in total. The third-order valence-electron chi connectivity index (χ3n) is 2.17. The maximum Gasteiger partial charge on any atom is 0.178 e. The van der Waals surface area contributed by atoms with Gasteiger partial charge in [0, 0.05) is 23.8 Å². The smallest absolute Gasteiger partial charge is 0.178 e. The van der Waals surface area contributed by atoms with Crippen molar-refractivity contribution in [2.24, 2.45) is 0 Å². The number of fused-ring (bicyclic) bond motifs is 1. The van der Waals surface area contributed by atoms with Crippen LogP contribution in [0.5, 0.6) is 0 Å². The molecule has 0 spiro atoms. The summed E-state index contributed by atoms with van der Waals surface area (Å²) in [6.45, 7) is 2.03. The lowest BCUT2D eigenvalue weighted by atomic mass is 10.2. The molecule has 0 aliphatic heterocycles. The molecule has 0 unspecified atom stereocenters. The Morgan fingerprint density at radius 1 is 1.40 bits per heavy atom. The van der Waals surface area contributed by atoms with Crippen molar-refractivity contribution in [1.82, 2.24) is 0 Å². The Hall–Kier alpha value is -1.39. The van der Waals surface area contributed by atoms with Gasteiger partial charge in [0.2, 0.25) is 0 Å². The molecule has 0 radical (unpaired) electrons. The zero-order valence-corrected chi connectivity index (χ0v) is 9.27. The van der Waals surface area contributed by atoms with Crippen LogP contribution in [0.3, 0.4) is 0 Å². The van der Waals surface area contributed by atoms with Crippen molar-refractivity contribution >= 4 is 22.6 Å². The van der Waals surface area contributed by atoms with E-state index in [4.69, 9.17) is 16.0 Å². The predicted molar refractivity (Wildman–Crippen MR) is 63.2 cm³/mol. The fourth-order valence-corrected chi connectivity index (χ4v) is 1.56. The van der Waals surface area contributed by atoms with E-state index in [1.54, 1.807) is 0 Å². The van der Waals surface area contributed by atoms with Gasteiger partial charge in [-0.25, -0.2) is 0 Å². The van der Waals surface area contributed by atoms with E-state index in [1.807, 2.05) is 31.2 Å². The quantitative estimate of drug-likeness (QED) is 0.525. The Bertz CT molecular complexity index is 528. The van der Waals surface area contributed by atoms with E-state index in [-0.39, 0.29) is 0 Å². The van der Waals surface area contributed by atoms with Crippen LogP contribution < -0.4 is 0 Å². The van der Waals surface area contributed by atoms with Gasteiger partial charge in [0.05, 0.1) is 0 Å². The Morgan fingerprint density at radius 2 is 2.27 bits per heavy atom. The van der Waals surface area contributed by atoms with Crippen LogP contribution >= 0.6 is 11.6 Å². The van der Waals surface area contributed by atoms with E-state index in [0.29, 0.717) is 18.1 Å². The van der Waals surface area contributed by atoms with E-state index in [2.05, 4.69) is 11.8 Å². The van der Waals surface area contributed by atoms with Crippen LogP contribution in [0.1, 0.15) is 17.7 Å². The molecule has 0 amide bonds. The van der Waals surface area contributed by atoms with Gasteiger partial charge < -0.3 is 4.42 Å². The third kappa shape index (κ3) is 2.16. The molecule has 0 N–H and O–H groups in total. The summed E-state index contributed by atoms with van der Waals surface area (Å²) in [7, 11) is 0. The number of hydrogen-bond acceptors (Lipinski definition) is 1. The van der Waals surface area contributed by atoms with E-state index in [9.17, 15) is 0 Å². The van der Waals surface area contributed by atoms with Crippen LogP contribution in [0, 0.1) is 18.8 Å². The number of hydrogen-bond donors (Lipinski definition) is 0. The van der Waals surface area contributed by atoms with Crippen molar-refractivity contribution in [3.05, 3.63) is 35.6 Å². The summed E-state index contributed by atoms with van der Waals surface area (Å²) in [5.74, 6) is 7.19. The molecule has 2 aromatic rings. The summed E-state index contributed by atoms with van der Waals surface area (Å²) >= 11 is 5.54. The summed E-state index contributed by atoms with van der Waals surface area (Å²) in [5.41, 5.74) is 2.06. The normalized spacial score (nSPS) is 10.0. The molecule has 1 heterocycles. The molecule has 76 valence electrons. The van der Waals surface area contributed by atoms with Crippen LogP contribution in [0.2, 0.25) is 0 Å². The SMILES string of the molecule is Cc1cccc2cc(C#CCCCl)oc12. The lowest BCUT2D eigenvalue weighted by Crippen LogP contribution is -1.70. The highest BCUT2D eigenvalue weighted by atomic mass is 35.5. The highest BCUT2D eigenvalue weighted by Gasteiger charge is 2.02. The first-order valence-corrected chi connectivity index (χ1v) is 5.38. The number of para-hydroxylation sites is 1. The van der Waals surface area contributed by atoms with Crippen LogP contribution in [0.25, 0.3) is 11.0 Å². The number of rotatable bonds is 1. The number of benzene rings is 1. The average Bonchev–Trinajstić information content (AvgIpc) is 2.63. The zero-order chi connectivity index (χ0) is 10.7. The van der Waals surface area contributed by atoms with Gasteiger partial charge in [-0.1, -0.05) is 24.1 Å². The van der Waals surface area contributed by atoms with E-state index < -0.39 is 0 Å². The molecule has 1 aromatic heterocycles. The van der Waals surface area contributed by atoms with Crippen molar-refractivity contribution in [3.63, 3.8) is 0 Å². The van der Waals surface area contributed by atoms with E-state index >= 15 is 0 Å². The Labute approximate surface area is 94.0 Å². The first-order valence-electron chi connectivity index (χ1n) is 4.85. The second kappa shape index (κ2) is 4.42. The Balaban J connectivity index is 2.40. The van der Waals surface area contributed by atoms with Crippen LogP contribution in [-0.4, -0.2) is 5.88 Å². The maximum atomic E-state index is 5.63. The zero-order valence-electron chi connectivity index (χ0n) is 8.51. The van der Waals surface area contributed by atoms with Gasteiger partial charge in [0.15, 0.2) is 5.76 Å².